The molecule has 2 saturated carbocycles. The number of nitrogens with one attached hydrogen (secondary N) is 2. The third-order valence-electron chi connectivity index (χ3n) is 5.65. The Labute approximate surface area is 127 Å². The molecule has 0 saturated heterocycles. The molecule has 3 rings (SSSR count). The Kier molecular flexibility index (Phi) is 3.92. The molecule has 2 aliphatic rings. The van der Waals surface area contributed by atoms with E-state index in [4.69, 9.17) is 0 Å². The molecule has 2 amide bonds. The monoisotopic (exact) mass is 286 g/mol. The summed E-state index contributed by atoms with van der Waals surface area (Å²) in [6, 6.07) is 6.21. The van der Waals surface area contributed by atoms with Gasteiger partial charge in [-0.1, -0.05) is 18.6 Å². The second kappa shape index (κ2) is 5.70. The minimum atomic E-state index is -0.0704. The largest absolute Gasteiger partial charge is 0.335 e. The molecule has 2 aliphatic carbocycles. The molecule has 0 unspecified atom stereocenters. The first-order valence-electron chi connectivity index (χ1n) is 8.18. The summed E-state index contributed by atoms with van der Waals surface area (Å²) in [5.74, 6) is 2.44. The molecule has 21 heavy (non-hydrogen) atoms. The normalized spacial score (nSPS) is 28.4. The van der Waals surface area contributed by atoms with Crippen molar-refractivity contribution in [2.75, 3.05) is 5.32 Å². The molecular weight excluding hydrogens is 260 g/mol. The van der Waals surface area contributed by atoms with Crippen molar-refractivity contribution < 1.29 is 4.79 Å². The van der Waals surface area contributed by atoms with Crippen molar-refractivity contribution in [3.05, 3.63) is 29.3 Å². The summed E-state index contributed by atoms with van der Waals surface area (Å²) in [4.78, 5) is 12.2. The van der Waals surface area contributed by atoms with Crippen molar-refractivity contribution in [2.45, 2.75) is 52.5 Å². The lowest BCUT2D eigenvalue weighted by Gasteiger charge is -2.28. The summed E-state index contributed by atoms with van der Waals surface area (Å²) in [5, 5.41) is 6.15. The van der Waals surface area contributed by atoms with E-state index in [0.717, 1.165) is 23.1 Å². The van der Waals surface area contributed by atoms with Crippen LogP contribution in [0.4, 0.5) is 10.5 Å². The van der Waals surface area contributed by atoms with Crippen molar-refractivity contribution in [1.82, 2.24) is 5.32 Å². The topological polar surface area (TPSA) is 41.1 Å². The maximum Gasteiger partial charge on any atom is 0.319 e. The van der Waals surface area contributed by atoms with Gasteiger partial charge in [-0.05, 0) is 75.0 Å². The van der Waals surface area contributed by atoms with Gasteiger partial charge in [-0.3, -0.25) is 0 Å². The molecule has 4 atom stereocenters. The van der Waals surface area contributed by atoms with Gasteiger partial charge < -0.3 is 10.6 Å². The van der Waals surface area contributed by atoms with Gasteiger partial charge in [0.1, 0.15) is 0 Å². The number of hydrogen-bond acceptors (Lipinski definition) is 1. The summed E-state index contributed by atoms with van der Waals surface area (Å²) in [5.41, 5.74) is 3.25. The van der Waals surface area contributed by atoms with Gasteiger partial charge in [-0.2, -0.15) is 0 Å². The number of hydrogen-bond donors (Lipinski definition) is 2. The van der Waals surface area contributed by atoms with E-state index < -0.39 is 0 Å². The second-order valence-corrected chi connectivity index (χ2v) is 6.97. The van der Waals surface area contributed by atoms with Crippen molar-refractivity contribution in [2.24, 2.45) is 17.8 Å². The minimum Gasteiger partial charge on any atom is -0.335 e. The van der Waals surface area contributed by atoms with Gasteiger partial charge >= 0.3 is 6.03 Å². The van der Waals surface area contributed by atoms with Crippen LogP contribution in [0.5, 0.6) is 0 Å². The van der Waals surface area contributed by atoms with Gasteiger partial charge in [0.15, 0.2) is 0 Å². The highest BCUT2D eigenvalue weighted by molar-refractivity contribution is 5.90. The quantitative estimate of drug-likeness (QED) is 0.857. The van der Waals surface area contributed by atoms with Gasteiger partial charge in [0.25, 0.3) is 0 Å². The van der Waals surface area contributed by atoms with E-state index >= 15 is 0 Å². The predicted octanol–water partition coefficient (Wildman–Crippen LogP) is 4.25. The van der Waals surface area contributed by atoms with Crippen LogP contribution in [-0.4, -0.2) is 12.1 Å². The molecule has 0 aromatic heterocycles. The van der Waals surface area contributed by atoms with E-state index in [2.05, 4.69) is 30.5 Å². The molecular formula is C18H26N2O. The molecule has 114 valence electrons. The fraction of sp³-hybridized carbons (Fsp3) is 0.611. The zero-order valence-electron chi connectivity index (χ0n) is 13.3. The number of amides is 2. The van der Waals surface area contributed by atoms with Crippen LogP contribution in [-0.2, 0) is 0 Å². The zero-order valence-corrected chi connectivity index (χ0v) is 13.3. The minimum absolute atomic E-state index is 0.0704. The highest BCUT2D eigenvalue weighted by atomic mass is 16.2. The van der Waals surface area contributed by atoms with Crippen LogP contribution in [0, 0.1) is 31.6 Å². The first kappa shape index (κ1) is 14.4. The molecule has 3 nitrogen and oxygen atoms in total. The van der Waals surface area contributed by atoms with Crippen molar-refractivity contribution in [3.63, 3.8) is 0 Å². The lowest BCUT2D eigenvalue weighted by molar-refractivity contribution is 0.230. The van der Waals surface area contributed by atoms with Crippen LogP contribution in [0.2, 0.25) is 0 Å². The summed E-state index contributed by atoms with van der Waals surface area (Å²) in [6.07, 6.45) is 5.45. The number of urea groups is 1. The Bertz CT molecular complexity index is 540. The number of anilines is 1. The molecule has 1 aromatic rings. The maximum atomic E-state index is 12.2. The SMILES string of the molecule is Cc1cccc(NC(=O)N[C@H](C)[C@@H]2C[C@H]3CC[C@H]2C3)c1C. The number of carbonyl (C=O) groups excluding carboxylic acids is 1. The van der Waals surface area contributed by atoms with E-state index in [9.17, 15) is 4.79 Å². The molecule has 0 heterocycles. The van der Waals surface area contributed by atoms with Gasteiger partial charge in [0.05, 0.1) is 0 Å². The summed E-state index contributed by atoms with van der Waals surface area (Å²) < 4.78 is 0. The Morgan fingerprint density at radius 2 is 2.05 bits per heavy atom. The van der Waals surface area contributed by atoms with E-state index in [-0.39, 0.29) is 12.1 Å². The van der Waals surface area contributed by atoms with Crippen LogP contribution in [0.15, 0.2) is 18.2 Å². The number of aryl methyl sites for hydroxylation is 1. The Morgan fingerprint density at radius 3 is 2.71 bits per heavy atom. The summed E-state index contributed by atoms with van der Waals surface area (Å²) in [7, 11) is 0. The molecule has 2 bridgehead atoms. The summed E-state index contributed by atoms with van der Waals surface area (Å²) >= 11 is 0. The Hall–Kier alpha value is -1.51. The number of benzene rings is 1. The third kappa shape index (κ3) is 2.92. The second-order valence-electron chi connectivity index (χ2n) is 6.97. The lowest BCUT2D eigenvalue weighted by Crippen LogP contribution is -2.42. The Morgan fingerprint density at radius 1 is 1.24 bits per heavy atom. The van der Waals surface area contributed by atoms with Crippen LogP contribution < -0.4 is 10.6 Å². The predicted molar refractivity (Wildman–Crippen MR) is 86.5 cm³/mol. The third-order valence-corrected chi connectivity index (χ3v) is 5.65. The number of rotatable bonds is 3. The average molecular weight is 286 g/mol. The fourth-order valence-corrected chi connectivity index (χ4v) is 4.27. The lowest BCUT2D eigenvalue weighted by atomic mass is 9.84. The van der Waals surface area contributed by atoms with Crippen LogP contribution in [0.1, 0.15) is 43.7 Å². The van der Waals surface area contributed by atoms with Crippen LogP contribution in [0.25, 0.3) is 0 Å². The van der Waals surface area contributed by atoms with E-state index in [1.54, 1.807) is 0 Å². The van der Waals surface area contributed by atoms with E-state index in [1.807, 2.05) is 19.1 Å². The summed E-state index contributed by atoms with van der Waals surface area (Å²) in [6.45, 7) is 6.27. The Balaban J connectivity index is 1.58. The van der Waals surface area contributed by atoms with Gasteiger partial charge in [-0.15, -0.1) is 0 Å². The number of fused-ring (bicyclic) bond motifs is 2. The average Bonchev–Trinajstić information content (AvgIpc) is 3.06. The van der Waals surface area contributed by atoms with Crippen molar-refractivity contribution in [3.8, 4) is 0 Å². The van der Waals surface area contributed by atoms with E-state index in [1.165, 1.54) is 31.2 Å². The van der Waals surface area contributed by atoms with Gasteiger partial charge in [0, 0.05) is 11.7 Å². The maximum absolute atomic E-state index is 12.2. The smallest absolute Gasteiger partial charge is 0.319 e. The molecule has 0 radical (unpaired) electrons. The molecule has 2 fully saturated rings. The zero-order chi connectivity index (χ0) is 15.0. The van der Waals surface area contributed by atoms with Crippen molar-refractivity contribution >= 4 is 11.7 Å². The fourth-order valence-electron chi connectivity index (χ4n) is 4.27. The highest BCUT2D eigenvalue weighted by Crippen LogP contribution is 2.49. The molecule has 1 aromatic carbocycles. The van der Waals surface area contributed by atoms with E-state index in [0.29, 0.717) is 5.92 Å². The first-order chi connectivity index (χ1) is 10.0. The van der Waals surface area contributed by atoms with Gasteiger partial charge in [0.2, 0.25) is 0 Å². The molecule has 0 spiro atoms. The van der Waals surface area contributed by atoms with Crippen molar-refractivity contribution in [1.29, 1.82) is 0 Å². The standard InChI is InChI=1S/C18H26N2O/c1-11-5-4-6-17(12(11)2)20-18(21)19-13(3)16-10-14-7-8-15(16)9-14/h4-6,13-16H,7-10H2,1-3H3,(H2,19,20,21)/t13-,14+,15+,16+/m1/s1. The van der Waals surface area contributed by atoms with Crippen LogP contribution >= 0.6 is 0 Å². The first-order valence-corrected chi connectivity index (χ1v) is 8.18. The number of carbonyl (C=O) groups is 1. The highest BCUT2D eigenvalue weighted by Gasteiger charge is 2.42. The van der Waals surface area contributed by atoms with Crippen LogP contribution in [0.3, 0.4) is 0 Å². The van der Waals surface area contributed by atoms with Gasteiger partial charge in [-0.25, -0.2) is 4.79 Å². The molecule has 0 aliphatic heterocycles. The molecule has 3 heteroatoms. The molecule has 2 N–H and O–H groups in total.